The topological polar surface area (TPSA) is 121 Å². The maximum atomic E-state index is 13.5. The lowest BCUT2D eigenvalue weighted by Crippen LogP contribution is -2.31. The number of hydrogen-bond donors (Lipinski definition) is 1. The largest absolute Gasteiger partial charge is 0.494 e. The molecule has 0 unspecified atom stereocenters. The zero-order valence-corrected chi connectivity index (χ0v) is 21.7. The first-order valence-electron chi connectivity index (χ1n) is 11.0. The van der Waals surface area contributed by atoms with E-state index in [9.17, 15) is 8.42 Å². The molecular weight excluding hydrogens is 504 g/mol. The van der Waals surface area contributed by atoms with E-state index in [0.29, 0.717) is 39.3 Å². The maximum absolute atomic E-state index is 13.5. The van der Waals surface area contributed by atoms with Gasteiger partial charge in [0.25, 0.3) is 0 Å². The minimum absolute atomic E-state index is 0.0280. The van der Waals surface area contributed by atoms with Gasteiger partial charge in [0.15, 0.2) is 5.82 Å². The van der Waals surface area contributed by atoms with Crippen molar-refractivity contribution in [3.63, 3.8) is 0 Å². The third-order valence-electron chi connectivity index (χ3n) is 5.85. The first-order valence-corrected chi connectivity index (χ1v) is 12.9. The number of anilines is 1. The van der Waals surface area contributed by atoms with Crippen molar-refractivity contribution >= 4 is 27.6 Å². The average molecular weight is 529 g/mol. The van der Waals surface area contributed by atoms with Gasteiger partial charge >= 0.3 is 0 Å². The van der Waals surface area contributed by atoms with Crippen LogP contribution in [-0.2, 0) is 10.0 Å². The second kappa shape index (κ2) is 10.5. The van der Waals surface area contributed by atoms with E-state index in [4.69, 9.17) is 21.1 Å². The molecule has 1 N–H and O–H groups in total. The van der Waals surface area contributed by atoms with Crippen molar-refractivity contribution in [1.29, 1.82) is 0 Å². The van der Waals surface area contributed by atoms with E-state index in [-0.39, 0.29) is 5.95 Å². The highest BCUT2D eigenvalue weighted by Gasteiger charge is 2.32. The van der Waals surface area contributed by atoms with Gasteiger partial charge in [-0.05, 0) is 43.3 Å². The molecule has 0 bridgehead atoms. The summed E-state index contributed by atoms with van der Waals surface area (Å²) in [5.41, 5.74) is 1.65. The van der Waals surface area contributed by atoms with Gasteiger partial charge in [0.05, 0.1) is 24.5 Å². The molecule has 0 spiro atoms. The zero-order chi connectivity index (χ0) is 25.9. The number of halogens is 1. The van der Waals surface area contributed by atoms with Crippen LogP contribution < -0.4 is 14.2 Å². The average Bonchev–Trinajstić information content (AvgIpc) is 3.30. The summed E-state index contributed by atoms with van der Waals surface area (Å²) >= 11 is 5.94. The van der Waals surface area contributed by atoms with E-state index < -0.39 is 21.2 Å². The molecule has 3 aromatic heterocycles. The van der Waals surface area contributed by atoms with E-state index >= 15 is 0 Å². The molecule has 0 aliphatic rings. The summed E-state index contributed by atoms with van der Waals surface area (Å²) in [5, 5.41) is 8.07. The van der Waals surface area contributed by atoms with Crippen LogP contribution in [0.4, 0.5) is 5.95 Å². The molecule has 2 atom stereocenters. The van der Waals surface area contributed by atoms with Crippen LogP contribution in [0.5, 0.6) is 11.5 Å². The molecule has 1 aromatic carbocycles. The van der Waals surface area contributed by atoms with Crippen molar-refractivity contribution in [2.24, 2.45) is 0 Å². The molecule has 0 aliphatic carbocycles. The summed E-state index contributed by atoms with van der Waals surface area (Å²) in [5.74, 6) is 0.760. The number of pyridine rings is 2. The minimum Gasteiger partial charge on any atom is -0.494 e. The van der Waals surface area contributed by atoms with Crippen LogP contribution >= 0.6 is 11.6 Å². The third kappa shape index (κ3) is 4.98. The summed E-state index contributed by atoms with van der Waals surface area (Å²) in [6.07, 6.45) is 4.73. The fraction of sp³-hybridized carbons (Fsp3) is 0.250. The number of rotatable bonds is 9. The van der Waals surface area contributed by atoms with Crippen molar-refractivity contribution in [2.75, 3.05) is 18.9 Å². The number of aromatic nitrogens is 5. The van der Waals surface area contributed by atoms with Crippen molar-refractivity contribution in [3.05, 3.63) is 71.8 Å². The number of nitrogens with one attached hydrogen (secondary N) is 1. The van der Waals surface area contributed by atoms with Gasteiger partial charge in [-0.1, -0.05) is 24.6 Å². The lowest BCUT2D eigenvalue weighted by Gasteiger charge is -2.22. The van der Waals surface area contributed by atoms with Crippen LogP contribution in [-0.4, -0.2) is 52.6 Å². The molecule has 0 amide bonds. The molecule has 0 saturated carbocycles. The van der Waals surface area contributed by atoms with Gasteiger partial charge < -0.3 is 9.47 Å². The van der Waals surface area contributed by atoms with E-state index in [1.807, 2.05) is 0 Å². The smallest absolute Gasteiger partial charge is 0.243 e. The SMILES string of the molecule is COc1cccc(OC)c1-n1c(NS(=O)(=O)[C@@H](C)[C@H](C)c2ccc(Cl)cn2)nnc1-c1cccnc1. The minimum atomic E-state index is -3.95. The van der Waals surface area contributed by atoms with E-state index in [2.05, 4.69) is 24.9 Å². The lowest BCUT2D eigenvalue weighted by atomic mass is 10.0. The van der Waals surface area contributed by atoms with Gasteiger partial charge in [-0.15, -0.1) is 10.2 Å². The number of ether oxygens (including phenoxy) is 2. The quantitative estimate of drug-likeness (QED) is 0.341. The first-order chi connectivity index (χ1) is 17.3. The molecule has 10 nitrogen and oxygen atoms in total. The van der Waals surface area contributed by atoms with Gasteiger partial charge in [-0.25, -0.2) is 8.42 Å². The predicted octanol–water partition coefficient (Wildman–Crippen LogP) is 4.33. The van der Waals surface area contributed by atoms with Gasteiger partial charge in [0.1, 0.15) is 17.2 Å². The maximum Gasteiger partial charge on any atom is 0.243 e. The van der Waals surface area contributed by atoms with Gasteiger partial charge in [-0.3, -0.25) is 19.3 Å². The monoisotopic (exact) mass is 528 g/mol. The van der Waals surface area contributed by atoms with Crippen LogP contribution in [0.2, 0.25) is 5.02 Å². The number of para-hydroxylation sites is 1. The summed E-state index contributed by atoms with van der Waals surface area (Å²) in [6, 6.07) is 12.2. The molecule has 188 valence electrons. The van der Waals surface area contributed by atoms with Crippen molar-refractivity contribution < 1.29 is 17.9 Å². The van der Waals surface area contributed by atoms with E-state index in [0.717, 1.165) is 0 Å². The Bertz CT molecular complexity index is 1420. The van der Waals surface area contributed by atoms with Gasteiger partial charge in [0.2, 0.25) is 16.0 Å². The predicted molar refractivity (Wildman–Crippen MR) is 137 cm³/mol. The van der Waals surface area contributed by atoms with Gasteiger partial charge in [0, 0.05) is 35.8 Å². The van der Waals surface area contributed by atoms with Crippen LogP contribution in [0.1, 0.15) is 25.5 Å². The highest BCUT2D eigenvalue weighted by molar-refractivity contribution is 7.93. The summed E-state index contributed by atoms with van der Waals surface area (Å²) in [4.78, 5) is 8.43. The number of methoxy groups -OCH3 is 2. The van der Waals surface area contributed by atoms with Crippen molar-refractivity contribution in [3.8, 4) is 28.6 Å². The van der Waals surface area contributed by atoms with Crippen LogP contribution in [0.25, 0.3) is 17.1 Å². The fourth-order valence-corrected chi connectivity index (χ4v) is 5.04. The Morgan fingerprint density at radius 2 is 1.69 bits per heavy atom. The molecule has 12 heteroatoms. The Morgan fingerprint density at radius 3 is 2.28 bits per heavy atom. The molecule has 0 radical (unpaired) electrons. The molecule has 0 aliphatic heterocycles. The first kappa shape index (κ1) is 25.4. The van der Waals surface area contributed by atoms with Crippen molar-refractivity contribution in [1.82, 2.24) is 24.7 Å². The number of nitrogens with zero attached hydrogens (tertiary/aromatic N) is 5. The second-order valence-corrected chi connectivity index (χ2v) is 10.5. The fourth-order valence-electron chi connectivity index (χ4n) is 3.68. The van der Waals surface area contributed by atoms with Crippen LogP contribution in [0.3, 0.4) is 0 Å². The molecule has 4 aromatic rings. The highest BCUT2D eigenvalue weighted by Crippen LogP contribution is 2.38. The molecule has 0 saturated heterocycles. The second-order valence-electron chi connectivity index (χ2n) is 7.98. The number of benzene rings is 1. The molecular formula is C24H25ClN6O4S. The zero-order valence-electron chi connectivity index (χ0n) is 20.1. The Labute approximate surface area is 214 Å². The van der Waals surface area contributed by atoms with E-state index in [1.54, 1.807) is 73.3 Å². The normalized spacial score (nSPS) is 13.1. The standard InChI is InChI=1S/C24H25ClN6O4S/c1-15(19-11-10-18(25)14-27-19)16(2)36(32,33)30-24-29-28-23(17-7-6-12-26-13-17)31(24)22-20(34-3)8-5-9-21(22)35-4/h5-16H,1-4H3,(H,29,30)/t15-,16-/m0/s1. The molecule has 3 heterocycles. The van der Waals surface area contributed by atoms with Crippen LogP contribution in [0.15, 0.2) is 61.1 Å². The number of sulfonamides is 1. The lowest BCUT2D eigenvalue weighted by molar-refractivity contribution is 0.391. The van der Waals surface area contributed by atoms with Crippen molar-refractivity contribution in [2.45, 2.75) is 25.0 Å². The Morgan fingerprint density at radius 1 is 0.972 bits per heavy atom. The summed E-state index contributed by atoms with van der Waals surface area (Å²) in [7, 11) is -0.927. The highest BCUT2D eigenvalue weighted by atomic mass is 35.5. The Kier molecular flexibility index (Phi) is 7.41. The molecule has 36 heavy (non-hydrogen) atoms. The Balaban J connectivity index is 1.81. The molecule has 0 fully saturated rings. The number of hydrogen-bond acceptors (Lipinski definition) is 8. The summed E-state index contributed by atoms with van der Waals surface area (Å²) in [6.45, 7) is 3.39. The van der Waals surface area contributed by atoms with E-state index in [1.165, 1.54) is 20.4 Å². The van der Waals surface area contributed by atoms with Crippen LogP contribution in [0, 0.1) is 0 Å². The van der Waals surface area contributed by atoms with Gasteiger partial charge in [-0.2, -0.15) is 0 Å². The molecule has 4 rings (SSSR count). The Hall–Kier alpha value is -3.70. The summed E-state index contributed by atoms with van der Waals surface area (Å²) < 4.78 is 42.3. The third-order valence-corrected chi connectivity index (χ3v) is 7.93.